The molecule has 4 heteroatoms. The quantitative estimate of drug-likeness (QED) is 0.616. The minimum Gasteiger partial charge on any atom is -0.279 e. The fourth-order valence-electron chi connectivity index (χ4n) is 1.04. The molecule has 0 fully saturated rings. The second kappa shape index (κ2) is 2.62. The van der Waals surface area contributed by atoms with Gasteiger partial charge >= 0.3 is 0 Å². The van der Waals surface area contributed by atoms with Gasteiger partial charge in [0.05, 0.1) is 17.5 Å². The van der Waals surface area contributed by atoms with E-state index in [2.05, 4.69) is 26.1 Å². The zero-order valence-electron chi connectivity index (χ0n) is 6.28. The maximum absolute atomic E-state index is 5.17. The normalized spacial score (nSPS) is 9.92. The van der Waals surface area contributed by atoms with Crippen LogP contribution in [-0.2, 0) is 6.42 Å². The van der Waals surface area contributed by atoms with Crippen LogP contribution in [0.2, 0.25) is 0 Å². The summed E-state index contributed by atoms with van der Waals surface area (Å²) in [5, 5.41) is 7.68. The van der Waals surface area contributed by atoms with Crippen molar-refractivity contribution in [2.24, 2.45) is 0 Å². The number of nitrogens with zero attached hydrogens (tertiary/aromatic N) is 3. The maximum atomic E-state index is 5.17. The number of H-pyrrole nitrogens is 1. The van der Waals surface area contributed by atoms with Crippen LogP contribution in [0.1, 0.15) is 5.69 Å². The van der Waals surface area contributed by atoms with Gasteiger partial charge in [0.2, 0.25) is 0 Å². The van der Waals surface area contributed by atoms with E-state index in [0.29, 0.717) is 12.1 Å². The average molecular weight is 158 g/mol. The van der Waals surface area contributed by atoms with Crippen LogP contribution in [0.25, 0.3) is 11.0 Å². The first-order chi connectivity index (χ1) is 5.92. The molecule has 0 unspecified atom stereocenters. The number of hydrogen-bond acceptors (Lipinski definition) is 3. The Kier molecular flexibility index (Phi) is 1.49. The van der Waals surface area contributed by atoms with E-state index in [0.717, 1.165) is 11.1 Å². The minimum absolute atomic E-state index is 0.532. The largest absolute Gasteiger partial charge is 0.279 e. The fourth-order valence-corrected chi connectivity index (χ4v) is 1.04. The summed E-state index contributed by atoms with van der Waals surface area (Å²) in [7, 11) is 0. The monoisotopic (exact) mass is 158 g/mol. The lowest BCUT2D eigenvalue weighted by molar-refractivity contribution is 1.03. The molecule has 1 N–H and O–H groups in total. The Morgan fingerprint density at radius 2 is 2.50 bits per heavy atom. The van der Waals surface area contributed by atoms with Crippen LogP contribution in [0, 0.1) is 12.3 Å². The fraction of sp³-hybridized carbons (Fsp3) is 0.125. The topological polar surface area (TPSA) is 54.5 Å². The summed E-state index contributed by atoms with van der Waals surface area (Å²) in [4.78, 5) is 7.85. The second-order valence-electron chi connectivity index (χ2n) is 2.34. The first-order valence-electron chi connectivity index (χ1n) is 3.48. The van der Waals surface area contributed by atoms with Gasteiger partial charge in [-0.2, -0.15) is 5.10 Å². The molecule has 58 valence electrons. The lowest BCUT2D eigenvalue weighted by atomic mass is 10.2. The molecule has 0 saturated carbocycles. The van der Waals surface area contributed by atoms with Crippen molar-refractivity contribution in [3.05, 3.63) is 18.2 Å². The van der Waals surface area contributed by atoms with Gasteiger partial charge in [-0.05, 0) is 0 Å². The third-order valence-electron chi connectivity index (χ3n) is 1.59. The predicted molar refractivity (Wildman–Crippen MR) is 44.2 cm³/mol. The van der Waals surface area contributed by atoms with Gasteiger partial charge in [0, 0.05) is 6.20 Å². The Morgan fingerprint density at radius 1 is 1.58 bits per heavy atom. The SMILES string of the molecule is C#CCc1[nH]nc2ncncc12. The van der Waals surface area contributed by atoms with Gasteiger partial charge in [0.25, 0.3) is 0 Å². The van der Waals surface area contributed by atoms with Gasteiger partial charge in [-0.1, -0.05) is 0 Å². The molecule has 0 amide bonds. The first kappa shape index (κ1) is 6.80. The van der Waals surface area contributed by atoms with Crippen molar-refractivity contribution in [2.45, 2.75) is 6.42 Å². The molecule has 2 heterocycles. The van der Waals surface area contributed by atoms with Crippen LogP contribution in [0.5, 0.6) is 0 Å². The molecular formula is C8H6N4. The number of terminal acetylenes is 1. The Balaban J connectivity index is 2.64. The van der Waals surface area contributed by atoms with Crippen molar-refractivity contribution in [1.82, 2.24) is 20.2 Å². The average Bonchev–Trinajstić information content (AvgIpc) is 2.50. The Hall–Kier alpha value is -1.89. The van der Waals surface area contributed by atoms with Gasteiger partial charge in [-0.15, -0.1) is 12.3 Å². The van der Waals surface area contributed by atoms with Crippen LogP contribution in [0.15, 0.2) is 12.5 Å². The number of rotatable bonds is 1. The lowest BCUT2D eigenvalue weighted by Gasteiger charge is -1.87. The van der Waals surface area contributed by atoms with E-state index in [1.165, 1.54) is 6.33 Å². The summed E-state index contributed by atoms with van der Waals surface area (Å²) < 4.78 is 0. The number of fused-ring (bicyclic) bond motifs is 1. The Labute approximate surface area is 69.0 Å². The van der Waals surface area contributed by atoms with Crippen LogP contribution < -0.4 is 0 Å². The predicted octanol–water partition coefficient (Wildman–Crippen LogP) is 0.529. The summed E-state index contributed by atoms with van der Waals surface area (Å²) in [5.41, 5.74) is 1.56. The van der Waals surface area contributed by atoms with Gasteiger partial charge in [-0.25, -0.2) is 9.97 Å². The zero-order valence-corrected chi connectivity index (χ0v) is 6.28. The highest BCUT2D eigenvalue weighted by Gasteiger charge is 2.03. The summed E-state index contributed by atoms with van der Waals surface area (Å²) >= 11 is 0. The molecule has 0 radical (unpaired) electrons. The third kappa shape index (κ3) is 0.920. The molecule has 0 bridgehead atoms. The molecular weight excluding hydrogens is 152 g/mol. The van der Waals surface area contributed by atoms with Gasteiger partial charge < -0.3 is 0 Å². The van der Waals surface area contributed by atoms with E-state index >= 15 is 0 Å². The molecule has 2 aromatic heterocycles. The highest BCUT2D eigenvalue weighted by atomic mass is 15.2. The van der Waals surface area contributed by atoms with E-state index in [9.17, 15) is 0 Å². The second-order valence-corrected chi connectivity index (χ2v) is 2.34. The molecule has 2 rings (SSSR count). The number of aromatic nitrogens is 4. The Bertz CT molecular complexity index is 437. The highest BCUT2D eigenvalue weighted by Crippen LogP contribution is 2.10. The standard InChI is InChI=1S/C8H6N4/c1-2-3-7-6-4-9-5-10-8(6)12-11-7/h1,4-5H,3H2,(H,9,10,11,12). The van der Waals surface area contributed by atoms with E-state index < -0.39 is 0 Å². The zero-order chi connectivity index (χ0) is 8.39. The van der Waals surface area contributed by atoms with Crippen molar-refractivity contribution in [3.8, 4) is 12.3 Å². The third-order valence-corrected chi connectivity index (χ3v) is 1.59. The molecule has 0 aliphatic rings. The molecule has 0 atom stereocenters. The smallest absolute Gasteiger partial charge is 0.184 e. The summed E-state index contributed by atoms with van der Waals surface area (Å²) in [6.07, 6.45) is 8.87. The van der Waals surface area contributed by atoms with Crippen LogP contribution in [0.4, 0.5) is 0 Å². The number of hydrogen-bond donors (Lipinski definition) is 1. The van der Waals surface area contributed by atoms with E-state index in [4.69, 9.17) is 6.42 Å². The molecule has 12 heavy (non-hydrogen) atoms. The Morgan fingerprint density at radius 3 is 3.33 bits per heavy atom. The van der Waals surface area contributed by atoms with Gasteiger partial charge in [0.1, 0.15) is 6.33 Å². The molecule has 0 aliphatic carbocycles. The number of aromatic amines is 1. The molecule has 0 aliphatic heterocycles. The lowest BCUT2D eigenvalue weighted by Crippen LogP contribution is -1.82. The maximum Gasteiger partial charge on any atom is 0.184 e. The van der Waals surface area contributed by atoms with Crippen LogP contribution in [0.3, 0.4) is 0 Å². The molecule has 0 aromatic carbocycles. The molecule has 4 nitrogen and oxygen atoms in total. The van der Waals surface area contributed by atoms with Crippen LogP contribution >= 0.6 is 0 Å². The highest BCUT2D eigenvalue weighted by molar-refractivity contribution is 5.76. The van der Waals surface area contributed by atoms with Crippen molar-refractivity contribution >= 4 is 11.0 Å². The van der Waals surface area contributed by atoms with Crippen molar-refractivity contribution in [1.29, 1.82) is 0 Å². The van der Waals surface area contributed by atoms with E-state index in [-0.39, 0.29) is 0 Å². The number of nitrogens with one attached hydrogen (secondary N) is 1. The van der Waals surface area contributed by atoms with E-state index in [1.807, 2.05) is 0 Å². The molecule has 0 spiro atoms. The summed E-state index contributed by atoms with van der Waals surface area (Å²) in [6.45, 7) is 0. The minimum atomic E-state index is 0.532. The van der Waals surface area contributed by atoms with E-state index in [1.54, 1.807) is 6.20 Å². The van der Waals surface area contributed by atoms with Crippen molar-refractivity contribution < 1.29 is 0 Å². The van der Waals surface area contributed by atoms with Crippen molar-refractivity contribution in [3.63, 3.8) is 0 Å². The summed E-state index contributed by atoms with van der Waals surface area (Å²) in [6, 6.07) is 0. The van der Waals surface area contributed by atoms with Crippen molar-refractivity contribution in [2.75, 3.05) is 0 Å². The molecule has 0 saturated heterocycles. The molecule has 2 aromatic rings. The first-order valence-corrected chi connectivity index (χ1v) is 3.48. The van der Waals surface area contributed by atoms with Gasteiger partial charge in [-0.3, -0.25) is 5.10 Å². The van der Waals surface area contributed by atoms with Crippen LogP contribution in [-0.4, -0.2) is 20.2 Å². The summed E-state index contributed by atoms with van der Waals surface area (Å²) in [5.74, 6) is 2.54. The van der Waals surface area contributed by atoms with Gasteiger partial charge in [0.15, 0.2) is 5.65 Å².